The van der Waals surface area contributed by atoms with E-state index in [0.29, 0.717) is 22.7 Å². The van der Waals surface area contributed by atoms with Crippen LogP contribution in [0.15, 0.2) is 12.1 Å². The van der Waals surface area contributed by atoms with E-state index in [0.717, 1.165) is 5.56 Å². The fourth-order valence-corrected chi connectivity index (χ4v) is 5.34. The van der Waals surface area contributed by atoms with Crippen molar-refractivity contribution in [2.24, 2.45) is 17.6 Å². The summed E-state index contributed by atoms with van der Waals surface area (Å²) < 4.78 is 0. The summed E-state index contributed by atoms with van der Waals surface area (Å²) in [6.45, 7) is 5.49. The number of carbonyl (C=O) groups is 4. The molecule has 1 spiro atoms. The number of primary amides is 1. The van der Waals surface area contributed by atoms with E-state index in [1.54, 1.807) is 19.1 Å². The molecule has 154 valence electrons. The minimum atomic E-state index is -1.47. The van der Waals surface area contributed by atoms with Crippen molar-refractivity contribution < 1.29 is 19.2 Å². The molecule has 0 saturated carbocycles. The number of nitrogens with zero attached hydrogens (tertiary/aromatic N) is 1. The van der Waals surface area contributed by atoms with Gasteiger partial charge in [0.05, 0.1) is 11.8 Å². The van der Waals surface area contributed by atoms with Crippen LogP contribution in [-0.4, -0.2) is 40.6 Å². The van der Waals surface area contributed by atoms with Gasteiger partial charge in [-0.15, -0.1) is 0 Å². The number of aryl methyl sites for hydroxylation is 1. The van der Waals surface area contributed by atoms with Crippen LogP contribution in [0.25, 0.3) is 0 Å². The predicted octanol–water partition coefficient (Wildman–Crippen LogP) is 1.04. The average molecular weight is 419 g/mol. The lowest BCUT2D eigenvalue weighted by Crippen LogP contribution is -2.54. The van der Waals surface area contributed by atoms with Gasteiger partial charge in [0.25, 0.3) is 0 Å². The van der Waals surface area contributed by atoms with E-state index in [1.807, 2.05) is 13.8 Å². The van der Waals surface area contributed by atoms with Crippen LogP contribution >= 0.6 is 11.6 Å². The number of nitrogens with two attached hydrogens (primary N) is 1. The summed E-state index contributed by atoms with van der Waals surface area (Å²) in [5.41, 5.74) is 5.80. The Morgan fingerprint density at radius 3 is 2.62 bits per heavy atom. The van der Waals surface area contributed by atoms with Crippen molar-refractivity contribution in [2.75, 3.05) is 5.32 Å². The second-order valence-corrected chi connectivity index (χ2v) is 8.57. The van der Waals surface area contributed by atoms with E-state index in [1.165, 1.54) is 4.90 Å². The second kappa shape index (κ2) is 6.53. The zero-order chi connectivity index (χ0) is 21.2. The van der Waals surface area contributed by atoms with E-state index >= 15 is 0 Å². The van der Waals surface area contributed by atoms with Gasteiger partial charge in [0, 0.05) is 34.8 Å². The lowest BCUT2D eigenvalue weighted by atomic mass is 9.76. The van der Waals surface area contributed by atoms with Crippen molar-refractivity contribution in [1.82, 2.24) is 10.2 Å². The summed E-state index contributed by atoms with van der Waals surface area (Å²) in [6.07, 6.45) is 0.435. The third kappa shape index (κ3) is 2.55. The van der Waals surface area contributed by atoms with Crippen LogP contribution in [0.1, 0.15) is 37.8 Å². The molecule has 5 atom stereocenters. The molecule has 4 amide bonds. The molecule has 0 aliphatic carbocycles. The maximum atomic E-state index is 13.5. The van der Waals surface area contributed by atoms with Gasteiger partial charge in [-0.2, -0.15) is 0 Å². The lowest BCUT2D eigenvalue weighted by molar-refractivity contribution is -0.145. The minimum absolute atomic E-state index is 0.154. The summed E-state index contributed by atoms with van der Waals surface area (Å²) >= 11 is 6.26. The Labute approximate surface area is 173 Å². The van der Waals surface area contributed by atoms with Gasteiger partial charge in [0.2, 0.25) is 23.6 Å². The Morgan fingerprint density at radius 1 is 1.31 bits per heavy atom. The molecule has 2 fully saturated rings. The maximum absolute atomic E-state index is 13.5. The normalized spacial score (nSPS) is 31.2. The lowest BCUT2D eigenvalue weighted by Gasteiger charge is -2.31. The molecule has 4 rings (SSSR count). The van der Waals surface area contributed by atoms with Crippen molar-refractivity contribution >= 4 is 40.9 Å². The van der Waals surface area contributed by atoms with Gasteiger partial charge in [-0.1, -0.05) is 18.5 Å². The number of benzene rings is 1. The quantitative estimate of drug-likeness (QED) is 0.631. The highest BCUT2D eigenvalue weighted by Gasteiger charge is 2.71. The van der Waals surface area contributed by atoms with Gasteiger partial charge in [-0.25, -0.2) is 0 Å². The average Bonchev–Trinajstić information content (AvgIpc) is 3.20. The number of hydrogen-bond acceptors (Lipinski definition) is 5. The summed E-state index contributed by atoms with van der Waals surface area (Å²) in [5, 5.41) is 6.43. The molecule has 3 aliphatic heterocycles. The summed E-state index contributed by atoms with van der Waals surface area (Å²) in [6, 6.07) is 2.33. The van der Waals surface area contributed by atoms with Gasteiger partial charge in [0.15, 0.2) is 0 Å². The van der Waals surface area contributed by atoms with Crippen LogP contribution in [0.3, 0.4) is 0 Å². The fourth-order valence-electron chi connectivity index (χ4n) is 5.06. The number of carbonyl (C=O) groups excluding carboxylic acids is 4. The molecule has 3 aliphatic rings. The Balaban J connectivity index is 1.92. The SMILES string of the molecule is CCC(C)N1C(=O)C2C(CC(N)=O)NC3(C(=O)Nc4c(C)cc(Cl)cc43)C2C1=O. The van der Waals surface area contributed by atoms with Crippen LogP contribution in [0.2, 0.25) is 5.02 Å². The molecule has 2 saturated heterocycles. The molecule has 5 unspecified atom stereocenters. The Morgan fingerprint density at radius 2 is 2.00 bits per heavy atom. The maximum Gasteiger partial charge on any atom is 0.250 e. The number of rotatable bonds is 4. The van der Waals surface area contributed by atoms with E-state index in [4.69, 9.17) is 17.3 Å². The first-order valence-electron chi connectivity index (χ1n) is 9.68. The Kier molecular flexibility index (Phi) is 4.47. The van der Waals surface area contributed by atoms with E-state index in [-0.39, 0.29) is 18.4 Å². The van der Waals surface area contributed by atoms with Crippen molar-refractivity contribution in [3.63, 3.8) is 0 Å². The van der Waals surface area contributed by atoms with Gasteiger partial charge >= 0.3 is 0 Å². The number of halogens is 1. The highest BCUT2D eigenvalue weighted by Crippen LogP contribution is 2.54. The first-order valence-corrected chi connectivity index (χ1v) is 10.1. The van der Waals surface area contributed by atoms with E-state index in [9.17, 15) is 19.2 Å². The smallest absolute Gasteiger partial charge is 0.250 e. The molecule has 8 nitrogen and oxygen atoms in total. The number of nitrogens with one attached hydrogen (secondary N) is 2. The van der Waals surface area contributed by atoms with Crippen molar-refractivity contribution in [2.45, 2.75) is 51.2 Å². The number of hydrogen-bond donors (Lipinski definition) is 3. The van der Waals surface area contributed by atoms with Gasteiger partial charge in [0.1, 0.15) is 5.54 Å². The monoisotopic (exact) mass is 418 g/mol. The minimum Gasteiger partial charge on any atom is -0.370 e. The third-order valence-electron chi connectivity index (χ3n) is 6.47. The third-order valence-corrected chi connectivity index (χ3v) is 6.69. The zero-order valence-electron chi connectivity index (χ0n) is 16.4. The summed E-state index contributed by atoms with van der Waals surface area (Å²) in [7, 11) is 0. The first-order chi connectivity index (χ1) is 13.6. The first kappa shape index (κ1) is 19.8. The fraction of sp³-hybridized carbons (Fsp3) is 0.500. The molecule has 0 aromatic heterocycles. The van der Waals surface area contributed by atoms with Crippen molar-refractivity contribution in [3.8, 4) is 0 Å². The standard InChI is InChI=1S/C20H23ClN4O4/c1-4-9(3)25-17(27)14-12(7-13(22)26)24-20(15(14)18(25)28)11-6-10(21)5-8(2)16(11)23-19(20)29/h5-6,9,12,14-15,24H,4,7H2,1-3H3,(H2,22,26)(H,23,29). The molecule has 4 N–H and O–H groups in total. The van der Waals surface area contributed by atoms with Crippen LogP contribution in [0.4, 0.5) is 5.69 Å². The number of amides is 4. The molecular weight excluding hydrogens is 396 g/mol. The number of anilines is 1. The molecule has 9 heteroatoms. The largest absolute Gasteiger partial charge is 0.370 e. The predicted molar refractivity (Wildman–Crippen MR) is 106 cm³/mol. The highest BCUT2D eigenvalue weighted by molar-refractivity contribution is 6.31. The van der Waals surface area contributed by atoms with E-state index < -0.39 is 41.1 Å². The zero-order valence-corrected chi connectivity index (χ0v) is 17.2. The molecule has 0 radical (unpaired) electrons. The molecular formula is C20H23ClN4O4. The highest BCUT2D eigenvalue weighted by atomic mass is 35.5. The Bertz CT molecular complexity index is 964. The van der Waals surface area contributed by atoms with Gasteiger partial charge in [-0.3, -0.25) is 29.4 Å². The number of imide groups is 1. The molecule has 1 aromatic rings. The molecule has 29 heavy (non-hydrogen) atoms. The van der Waals surface area contributed by atoms with Crippen molar-refractivity contribution in [3.05, 3.63) is 28.3 Å². The number of likely N-dealkylation sites (tertiary alicyclic amines) is 1. The topological polar surface area (TPSA) is 122 Å². The molecule has 0 bridgehead atoms. The van der Waals surface area contributed by atoms with Crippen LogP contribution in [0, 0.1) is 18.8 Å². The van der Waals surface area contributed by atoms with Crippen molar-refractivity contribution in [1.29, 1.82) is 0 Å². The molecule has 3 heterocycles. The van der Waals surface area contributed by atoms with E-state index in [2.05, 4.69) is 10.6 Å². The molecule has 1 aromatic carbocycles. The Hall–Kier alpha value is -2.45. The van der Waals surface area contributed by atoms with Gasteiger partial charge < -0.3 is 11.1 Å². The second-order valence-electron chi connectivity index (χ2n) is 8.14. The summed E-state index contributed by atoms with van der Waals surface area (Å²) in [5.74, 6) is -3.62. The van der Waals surface area contributed by atoms with Crippen LogP contribution in [0.5, 0.6) is 0 Å². The van der Waals surface area contributed by atoms with Gasteiger partial charge in [-0.05, 0) is 38.0 Å². The van der Waals surface area contributed by atoms with Crippen LogP contribution in [-0.2, 0) is 24.7 Å². The summed E-state index contributed by atoms with van der Waals surface area (Å²) in [4.78, 5) is 52.9. The van der Waals surface area contributed by atoms with Crippen LogP contribution < -0.4 is 16.4 Å². The number of fused-ring (bicyclic) bond motifs is 4.